The van der Waals surface area contributed by atoms with Crippen LogP contribution in [0.5, 0.6) is 5.75 Å². The average molecular weight is 424 g/mol. The van der Waals surface area contributed by atoms with Crippen LogP contribution in [-0.2, 0) is 18.9 Å². The summed E-state index contributed by atoms with van der Waals surface area (Å²) in [6.45, 7) is 4.49. The Balaban J connectivity index is 1.72. The molecule has 2 aromatic carbocycles. The number of benzene rings is 2. The van der Waals surface area contributed by atoms with Gasteiger partial charge in [-0.3, -0.25) is 4.57 Å². The lowest BCUT2D eigenvalue weighted by molar-refractivity contribution is 0.289. The van der Waals surface area contributed by atoms with Crippen molar-refractivity contribution in [3.8, 4) is 5.75 Å². The summed E-state index contributed by atoms with van der Waals surface area (Å²) in [5.41, 5.74) is 0.872. The lowest BCUT2D eigenvalue weighted by Gasteiger charge is -2.10. The molecule has 0 amide bonds. The molecule has 1 heterocycles. The predicted octanol–water partition coefficient (Wildman–Crippen LogP) is 5.78. The summed E-state index contributed by atoms with van der Waals surface area (Å²) in [6.07, 6.45) is 1.76. The van der Waals surface area contributed by atoms with E-state index >= 15 is 0 Å². The van der Waals surface area contributed by atoms with Crippen molar-refractivity contribution in [2.45, 2.75) is 24.1 Å². The Bertz CT molecular complexity index is 948. The van der Waals surface area contributed by atoms with E-state index in [1.165, 1.54) is 23.9 Å². The van der Waals surface area contributed by atoms with Gasteiger partial charge in [0, 0.05) is 23.4 Å². The van der Waals surface area contributed by atoms with Gasteiger partial charge in [-0.2, -0.15) is 0 Å². The van der Waals surface area contributed by atoms with Gasteiger partial charge in [-0.05, 0) is 29.8 Å². The molecule has 8 heteroatoms. The van der Waals surface area contributed by atoms with E-state index in [4.69, 9.17) is 27.9 Å². The minimum Gasteiger partial charge on any atom is -0.484 e. The van der Waals surface area contributed by atoms with Gasteiger partial charge in [-0.15, -0.1) is 16.8 Å². The maximum atomic E-state index is 13.3. The monoisotopic (exact) mass is 423 g/mol. The summed E-state index contributed by atoms with van der Waals surface area (Å²) in [6, 6.07) is 11.5. The fourth-order valence-electron chi connectivity index (χ4n) is 2.35. The van der Waals surface area contributed by atoms with Crippen molar-refractivity contribution in [2.24, 2.45) is 0 Å². The number of hydrogen-bond donors (Lipinski definition) is 0. The minimum atomic E-state index is -0.256. The molecule has 0 N–H and O–H groups in total. The molecule has 0 bridgehead atoms. The third-order valence-electron chi connectivity index (χ3n) is 3.61. The van der Waals surface area contributed by atoms with Crippen LogP contribution in [0.15, 0.2) is 60.3 Å². The summed E-state index contributed by atoms with van der Waals surface area (Å²) in [7, 11) is 0. The highest BCUT2D eigenvalue weighted by Crippen LogP contribution is 2.29. The van der Waals surface area contributed by atoms with E-state index in [0.29, 0.717) is 39.1 Å². The molecule has 0 atom stereocenters. The van der Waals surface area contributed by atoms with Crippen LogP contribution in [0.25, 0.3) is 0 Å². The summed E-state index contributed by atoms with van der Waals surface area (Å²) >= 11 is 13.6. The van der Waals surface area contributed by atoms with E-state index in [2.05, 4.69) is 16.8 Å². The summed E-state index contributed by atoms with van der Waals surface area (Å²) in [5.74, 6) is 1.43. The van der Waals surface area contributed by atoms with Crippen LogP contribution >= 0.6 is 35.0 Å². The van der Waals surface area contributed by atoms with Crippen LogP contribution < -0.4 is 4.74 Å². The van der Waals surface area contributed by atoms with Gasteiger partial charge >= 0.3 is 0 Å². The van der Waals surface area contributed by atoms with Gasteiger partial charge in [-0.1, -0.05) is 53.2 Å². The average Bonchev–Trinajstić information content (AvgIpc) is 3.03. The smallest absolute Gasteiger partial charge is 0.191 e. The second kappa shape index (κ2) is 9.26. The van der Waals surface area contributed by atoms with Gasteiger partial charge in [0.2, 0.25) is 0 Å². The number of aromatic nitrogens is 3. The largest absolute Gasteiger partial charge is 0.484 e. The van der Waals surface area contributed by atoms with Gasteiger partial charge in [0.25, 0.3) is 0 Å². The molecule has 0 fully saturated rings. The number of halogens is 3. The molecular weight excluding hydrogens is 408 g/mol. The Morgan fingerprint density at radius 1 is 1.19 bits per heavy atom. The van der Waals surface area contributed by atoms with Gasteiger partial charge in [0.05, 0.1) is 5.02 Å². The Morgan fingerprint density at radius 3 is 2.81 bits per heavy atom. The van der Waals surface area contributed by atoms with Crippen LogP contribution in [0.4, 0.5) is 4.39 Å². The molecule has 3 aromatic rings. The molecule has 0 saturated heterocycles. The first-order chi connectivity index (χ1) is 13.1. The third-order valence-corrected chi connectivity index (χ3v) is 5.20. The van der Waals surface area contributed by atoms with Crippen molar-refractivity contribution in [2.75, 3.05) is 0 Å². The van der Waals surface area contributed by atoms with Gasteiger partial charge in [0.15, 0.2) is 11.0 Å². The standard InChI is InChI=1S/C19H16Cl2FN3OS/c1-2-8-25-18(11-26-17-10-14(20)6-7-16(17)21)23-24-19(25)27-12-13-4-3-5-15(22)9-13/h2-7,9-10H,1,8,11-12H2. The first-order valence-electron chi connectivity index (χ1n) is 8.05. The van der Waals surface area contributed by atoms with E-state index in [0.717, 1.165) is 5.56 Å². The topological polar surface area (TPSA) is 39.9 Å². The fourth-order valence-corrected chi connectivity index (χ4v) is 3.59. The molecule has 0 spiro atoms. The molecule has 3 rings (SSSR count). The third kappa shape index (κ3) is 5.25. The Hall–Kier alpha value is -2.02. The molecule has 27 heavy (non-hydrogen) atoms. The molecule has 140 valence electrons. The van der Waals surface area contributed by atoms with Gasteiger partial charge < -0.3 is 4.74 Å². The highest BCUT2D eigenvalue weighted by atomic mass is 35.5. The predicted molar refractivity (Wildman–Crippen MR) is 107 cm³/mol. The maximum Gasteiger partial charge on any atom is 0.191 e. The zero-order chi connectivity index (χ0) is 19.2. The molecule has 4 nitrogen and oxygen atoms in total. The number of ether oxygens (including phenoxy) is 1. The number of thioether (sulfide) groups is 1. The lowest BCUT2D eigenvalue weighted by Crippen LogP contribution is -2.07. The fraction of sp³-hybridized carbons (Fsp3) is 0.158. The van der Waals surface area contributed by atoms with E-state index in [-0.39, 0.29) is 12.4 Å². The normalized spacial score (nSPS) is 10.8. The molecule has 0 aliphatic rings. The van der Waals surface area contributed by atoms with Crippen LogP contribution in [0.1, 0.15) is 11.4 Å². The van der Waals surface area contributed by atoms with E-state index in [1.807, 2.05) is 10.6 Å². The van der Waals surface area contributed by atoms with Gasteiger partial charge in [0.1, 0.15) is 18.2 Å². The number of allylic oxidation sites excluding steroid dienone is 1. The first kappa shape index (κ1) is 19.7. The van der Waals surface area contributed by atoms with Crippen molar-refractivity contribution in [1.29, 1.82) is 0 Å². The van der Waals surface area contributed by atoms with Gasteiger partial charge in [-0.25, -0.2) is 4.39 Å². The first-order valence-corrected chi connectivity index (χ1v) is 9.79. The van der Waals surface area contributed by atoms with E-state index < -0.39 is 0 Å². The number of nitrogens with zero attached hydrogens (tertiary/aromatic N) is 3. The quantitative estimate of drug-likeness (QED) is 0.340. The second-order valence-corrected chi connectivity index (χ2v) is 7.37. The zero-order valence-corrected chi connectivity index (χ0v) is 16.6. The zero-order valence-electron chi connectivity index (χ0n) is 14.2. The number of rotatable bonds is 8. The highest BCUT2D eigenvalue weighted by Gasteiger charge is 2.13. The number of hydrogen-bond acceptors (Lipinski definition) is 4. The molecule has 0 aliphatic heterocycles. The van der Waals surface area contributed by atoms with Crippen molar-refractivity contribution in [3.63, 3.8) is 0 Å². The summed E-state index contributed by atoms with van der Waals surface area (Å²) in [5, 5.41) is 10.1. The Morgan fingerprint density at radius 2 is 2.04 bits per heavy atom. The molecule has 0 unspecified atom stereocenters. The van der Waals surface area contributed by atoms with Crippen molar-refractivity contribution in [1.82, 2.24) is 14.8 Å². The highest BCUT2D eigenvalue weighted by molar-refractivity contribution is 7.98. The molecule has 1 aromatic heterocycles. The van der Waals surface area contributed by atoms with Crippen LogP contribution in [-0.4, -0.2) is 14.8 Å². The summed E-state index contributed by atoms with van der Waals surface area (Å²) < 4.78 is 21.0. The molecule has 0 radical (unpaired) electrons. The maximum absolute atomic E-state index is 13.3. The van der Waals surface area contributed by atoms with E-state index in [9.17, 15) is 4.39 Å². The Labute approximate surface area is 171 Å². The van der Waals surface area contributed by atoms with Crippen LogP contribution in [0.2, 0.25) is 10.0 Å². The van der Waals surface area contributed by atoms with Crippen LogP contribution in [0.3, 0.4) is 0 Å². The van der Waals surface area contributed by atoms with Crippen molar-refractivity contribution < 1.29 is 9.13 Å². The molecule has 0 aliphatic carbocycles. The molecular formula is C19H16Cl2FN3OS. The SMILES string of the molecule is C=CCn1c(COc2cc(Cl)ccc2Cl)nnc1SCc1cccc(F)c1. The lowest BCUT2D eigenvalue weighted by atomic mass is 10.2. The van der Waals surface area contributed by atoms with Crippen LogP contribution in [0, 0.1) is 5.82 Å². The van der Waals surface area contributed by atoms with E-state index in [1.54, 1.807) is 30.3 Å². The van der Waals surface area contributed by atoms with Crippen molar-refractivity contribution in [3.05, 3.63) is 82.4 Å². The minimum absolute atomic E-state index is 0.182. The summed E-state index contributed by atoms with van der Waals surface area (Å²) in [4.78, 5) is 0. The van der Waals surface area contributed by atoms with Crippen molar-refractivity contribution >= 4 is 35.0 Å². The Kier molecular flexibility index (Phi) is 6.77. The second-order valence-electron chi connectivity index (χ2n) is 5.58. The molecule has 0 saturated carbocycles.